The summed E-state index contributed by atoms with van der Waals surface area (Å²) in [5.41, 5.74) is 3.27. The first-order valence-corrected chi connectivity index (χ1v) is 10.7. The van der Waals surface area contributed by atoms with Crippen molar-refractivity contribution in [1.82, 2.24) is 15.0 Å². The van der Waals surface area contributed by atoms with Gasteiger partial charge in [0.2, 0.25) is 0 Å². The van der Waals surface area contributed by atoms with E-state index in [9.17, 15) is 4.79 Å². The average molecular weight is 429 g/mol. The third-order valence-electron chi connectivity index (χ3n) is 4.36. The number of rotatable bonds is 4. The molecular weight excluding hydrogens is 412 g/mol. The van der Waals surface area contributed by atoms with Crippen LogP contribution in [0.2, 0.25) is 5.02 Å². The monoisotopic (exact) mass is 428 g/mol. The van der Waals surface area contributed by atoms with Gasteiger partial charge in [-0.15, -0.1) is 11.3 Å². The van der Waals surface area contributed by atoms with Gasteiger partial charge in [-0.05, 0) is 50.6 Å². The molecule has 0 aliphatic rings. The molecule has 1 amide bonds. The number of halogens is 1. The van der Waals surface area contributed by atoms with Gasteiger partial charge in [-0.25, -0.2) is 9.97 Å². The number of aromatic nitrogens is 3. The molecule has 0 aliphatic carbocycles. The molecule has 0 N–H and O–H groups in total. The van der Waals surface area contributed by atoms with E-state index < -0.39 is 0 Å². The summed E-state index contributed by atoms with van der Waals surface area (Å²) in [6.07, 6.45) is 1.72. The van der Waals surface area contributed by atoms with Crippen LogP contribution >= 0.6 is 34.3 Å². The molecule has 5 nitrogen and oxygen atoms in total. The minimum Gasteiger partial charge on any atom is -0.277 e. The molecule has 0 unspecified atom stereocenters. The predicted octanol–water partition coefficient (Wildman–Crippen LogP) is 5.57. The van der Waals surface area contributed by atoms with Crippen molar-refractivity contribution in [2.75, 3.05) is 4.90 Å². The second-order valence-corrected chi connectivity index (χ2v) is 8.99. The normalized spacial score (nSPS) is 11.1. The van der Waals surface area contributed by atoms with Crippen LogP contribution in [0.5, 0.6) is 0 Å². The highest BCUT2D eigenvalue weighted by Gasteiger charge is 2.26. The Morgan fingerprint density at radius 2 is 1.93 bits per heavy atom. The van der Waals surface area contributed by atoms with Gasteiger partial charge in [0.15, 0.2) is 5.13 Å². The lowest BCUT2D eigenvalue weighted by Gasteiger charge is -2.19. The Bertz CT molecular complexity index is 1170. The second-order valence-electron chi connectivity index (χ2n) is 6.38. The van der Waals surface area contributed by atoms with Crippen molar-refractivity contribution >= 4 is 55.5 Å². The summed E-state index contributed by atoms with van der Waals surface area (Å²) in [5.74, 6) is -0.114. The smallest absolute Gasteiger partial charge is 0.272 e. The zero-order chi connectivity index (χ0) is 19.8. The first-order chi connectivity index (χ1) is 13.4. The van der Waals surface area contributed by atoms with Gasteiger partial charge in [-0.1, -0.05) is 29.0 Å². The third kappa shape index (κ3) is 3.53. The molecule has 0 bridgehead atoms. The van der Waals surface area contributed by atoms with Crippen molar-refractivity contribution in [2.24, 2.45) is 0 Å². The van der Waals surface area contributed by atoms with Gasteiger partial charge in [0.1, 0.15) is 4.88 Å². The van der Waals surface area contributed by atoms with Crippen LogP contribution in [-0.2, 0) is 6.54 Å². The molecule has 1 aromatic carbocycles. The molecule has 0 spiro atoms. The molecule has 0 saturated carbocycles. The zero-order valence-electron chi connectivity index (χ0n) is 15.6. The molecule has 28 heavy (non-hydrogen) atoms. The fraction of sp³-hybridized carbons (Fsp3) is 0.200. The van der Waals surface area contributed by atoms with Crippen LogP contribution in [0.1, 0.15) is 31.6 Å². The van der Waals surface area contributed by atoms with E-state index in [4.69, 9.17) is 16.6 Å². The number of fused-ring (bicyclic) bond motifs is 1. The lowest BCUT2D eigenvalue weighted by Crippen LogP contribution is -2.30. The third-order valence-corrected chi connectivity index (χ3v) is 6.87. The lowest BCUT2D eigenvalue weighted by atomic mass is 10.2. The maximum absolute atomic E-state index is 13.4. The van der Waals surface area contributed by atoms with Crippen molar-refractivity contribution in [3.05, 3.63) is 68.4 Å². The number of hydrogen-bond donors (Lipinski definition) is 0. The topological polar surface area (TPSA) is 59.0 Å². The van der Waals surface area contributed by atoms with Crippen LogP contribution in [-0.4, -0.2) is 20.9 Å². The van der Waals surface area contributed by atoms with Gasteiger partial charge >= 0.3 is 0 Å². The first kappa shape index (κ1) is 19.0. The van der Waals surface area contributed by atoms with E-state index in [-0.39, 0.29) is 5.91 Å². The van der Waals surface area contributed by atoms with E-state index in [1.165, 1.54) is 22.7 Å². The van der Waals surface area contributed by atoms with E-state index >= 15 is 0 Å². The Hall–Kier alpha value is -2.35. The fourth-order valence-electron chi connectivity index (χ4n) is 2.94. The van der Waals surface area contributed by atoms with Crippen molar-refractivity contribution < 1.29 is 4.79 Å². The zero-order valence-corrected chi connectivity index (χ0v) is 18.0. The van der Waals surface area contributed by atoms with Crippen LogP contribution < -0.4 is 4.90 Å². The summed E-state index contributed by atoms with van der Waals surface area (Å²) >= 11 is 9.13. The largest absolute Gasteiger partial charge is 0.277 e. The van der Waals surface area contributed by atoms with Crippen LogP contribution in [0.15, 0.2) is 36.5 Å². The number of anilines is 1. The highest BCUT2D eigenvalue weighted by molar-refractivity contribution is 7.22. The van der Waals surface area contributed by atoms with Crippen molar-refractivity contribution in [3.8, 4) is 0 Å². The van der Waals surface area contributed by atoms with Gasteiger partial charge in [0.25, 0.3) is 5.91 Å². The summed E-state index contributed by atoms with van der Waals surface area (Å²) < 4.78 is 0.993. The molecule has 4 rings (SSSR count). The molecule has 0 fully saturated rings. The number of aryl methyl sites for hydroxylation is 3. The second kappa shape index (κ2) is 7.58. The van der Waals surface area contributed by atoms with Gasteiger partial charge < -0.3 is 0 Å². The minimum absolute atomic E-state index is 0.114. The number of amides is 1. The molecule has 0 atom stereocenters. The molecule has 8 heteroatoms. The summed E-state index contributed by atoms with van der Waals surface area (Å²) in [6.45, 7) is 6.04. The number of benzene rings is 1. The van der Waals surface area contributed by atoms with Crippen molar-refractivity contribution in [3.63, 3.8) is 0 Å². The van der Waals surface area contributed by atoms with E-state index in [2.05, 4.69) is 9.97 Å². The van der Waals surface area contributed by atoms with Gasteiger partial charge in [0.05, 0.1) is 33.2 Å². The van der Waals surface area contributed by atoms with Crippen LogP contribution in [0.25, 0.3) is 10.2 Å². The Labute approximate surface area is 175 Å². The predicted molar refractivity (Wildman–Crippen MR) is 116 cm³/mol. The van der Waals surface area contributed by atoms with E-state index in [0.717, 1.165) is 32.2 Å². The van der Waals surface area contributed by atoms with Gasteiger partial charge in [-0.3, -0.25) is 14.7 Å². The lowest BCUT2D eigenvalue weighted by molar-refractivity contribution is 0.0988. The van der Waals surface area contributed by atoms with E-state index in [1.54, 1.807) is 11.1 Å². The maximum Gasteiger partial charge on any atom is 0.272 e. The van der Waals surface area contributed by atoms with Crippen molar-refractivity contribution in [1.29, 1.82) is 0 Å². The van der Waals surface area contributed by atoms with Crippen LogP contribution in [0, 0.1) is 20.8 Å². The van der Waals surface area contributed by atoms with E-state index in [1.807, 2.05) is 51.1 Å². The quantitative estimate of drug-likeness (QED) is 0.426. The molecule has 4 aromatic rings. The molecule has 0 radical (unpaired) electrons. The highest BCUT2D eigenvalue weighted by atomic mass is 35.5. The molecule has 3 heterocycles. The fourth-order valence-corrected chi connectivity index (χ4v) is 4.98. The van der Waals surface area contributed by atoms with Crippen molar-refractivity contribution in [2.45, 2.75) is 27.3 Å². The number of thiazole rings is 2. The molecular formula is C20H17ClN4OS2. The first-order valence-electron chi connectivity index (χ1n) is 8.65. The van der Waals surface area contributed by atoms with E-state index in [0.29, 0.717) is 21.6 Å². The summed E-state index contributed by atoms with van der Waals surface area (Å²) in [7, 11) is 0. The molecule has 0 saturated heterocycles. The number of carbonyl (C=O) groups excluding carboxylic acids is 1. The molecule has 3 aromatic heterocycles. The maximum atomic E-state index is 13.4. The van der Waals surface area contributed by atoms with Gasteiger partial charge in [-0.2, -0.15) is 0 Å². The standard InChI is InChI=1S/C20H17ClN4OS2/c1-11-15(21)7-8-16-17(11)24-20(28-16)25(10-14-6-4-5-9-22-14)19(26)18-12(2)23-13(3)27-18/h4-9H,10H2,1-3H3. The number of nitrogens with zero attached hydrogens (tertiary/aromatic N) is 4. The summed E-state index contributed by atoms with van der Waals surface area (Å²) in [5, 5.41) is 2.16. The van der Waals surface area contributed by atoms with Crippen LogP contribution in [0.3, 0.4) is 0 Å². The van der Waals surface area contributed by atoms with Gasteiger partial charge in [0, 0.05) is 11.2 Å². The molecule has 142 valence electrons. The highest BCUT2D eigenvalue weighted by Crippen LogP contribution is 2.35. The molecule has 0 aliphatic heterocycles. The Balaban J connectivity index is 1.82. The number of hydrogen-bond acceptors (Lipinski definition) is 6. The average Bonchev–Trinajstić information content (AvgIpc) is 3.26. The van der Waals surface area contributed by atoms with Crippen LogP contribution in [0.4, 0.5) is 5.13 Å². The Kier molecular flexibility index (Phi) is 5.14. The summed E-state index contributed by atoms with van der Waals surface area (Å²) in [6, 6.07) is 9.48. The Morgan fingerprint density at radius 1 is 1.11 bits per heavy atom. The summed E-state index contributed by atoms with van der Waals surface area (Å²) in [4.78, 5) is 29.3. The SMILES string of the molecule is Cc1nc(C)c(C(=O)N(Cc2ccccn2)c2nc3c(C)c(Cl)ccc3s2)s1. The minimum atomic E-state index is -0.114. The Morgan fingerprint density at radius 3 is 2.61 bits per heavy atom. The number of carbonyl (C=O) groups is 1. The number of pyridine rings is 1.